The van der Waals surface area contributed by atoms with Gasteiger partial charge in [0.2, 0.25) is 0 Å². The van der Waals surface area contributed by atoms with E-state index < -0.39 is 20.5 Å². The third kappa shape index (κ3) is 2.68. The van der Waals surface area contributed by atoms with Gasteiger partial charge in [-0.05, 0) is 13.3 Å². The van der Waals surface area contributed by atoms with E-state index in [9.17, 15) is 13.2 Å². The van der Waals surface area contributed by atoms with E-state index >= 15 is 0 Å². The van der Waals surface area contributed by atoms with Crippen LogP contribution >= 0.6 is 0 Å². The van der Waals surface area contributed by atoms with Crippen LogP contribution < -0.4 is 5.48 Å². The van der Waals surface area contributed by atoms with Gasteiger partial charge >= 0.3 is 0 Å². The molecule has 5 nitrogen and oxygen atoms in total. The van der Waals surface area contributed by atoms with E-state index in [4.69, 9.17) is 0 Å². The number of hydrogen-bond donors (Lipinski definition) is 1. The molecule has 0 aromatic rings. The topological polar surface area (TPSA) is 72.5 Å². The largest absolute Gasteiger partial charge is 0.277 e. The van der Waals surface area contributed by atoms with Crippen molar-refractivity contribution in [3.05, 3.63) is 0 Å². The maximum atomic E-state index is 11.5. The fraction of sp³-hybridized carbons (Fsp3) is 0.875. The Morgan fingerprint density at radius 2 is 2.00 bits per heavy atom. The maximum Gasteiger partial charge on any atom is 0.264 e. The highest BCUT2D eigenvalue weighted by Crippen LogP contribution is 2.22. The van der Waals surface area contributed by atoms with Crippen molar-refractivity contribution in [2.24, 2.45) is 0 Å². The molecule has 0 bridgehead atoms. The van der Waals surface area contributed by atoms with Crippen molar-refractivity contribution in [2.75, 3.05) is 13.4 Å². The molecule has 0 unspecified atom stereocenters. The van der Waals surface area contributed by atoms with Crippen LogP contribution in [-0.4, -0.2) is 32.4 Å². The molecule has 0 saturated carbocycles. The lowest BCUT2D eigenvalue weighted by Gasteiger charge is -2.24. The fourth-order valence-corrected chi connectivity index (χ4v) is 2.10. The molecule has 0 heterocycles. The van der Waals surface area contributed by atoms with Gasteiger partial charge in [-0.15, -0.1) is 0 Å². The van der Waals surface area contributed by atoms with Gasteiger partial charge in [-0.2, -0.15) is 0 Å². The second-order valence-corrected chi connectivity index (χ2v) is 5.83. The summed E-state index contributed by atoms with van der Waals surface area (Å²) in [6, 6.07) is 0. The number of amides is 1. The summed E-state index contributed by atoms with van der Waals surface area (Å²) >= 11 is 0. The van der Waals surface area contributed by atoms with Gasteiger partial charge in [0.25, 0.3) is 5.91 Å². The molecule has 0 aliphatic carbocycles. The van der Waals surface area contributed by atoms with Crippen molar-refractivity contribution >= 4 is 15.7 Å². The maximum absolute atomic E-state index is 11.5. The zero-order valence-electron chi connectivity index (χ0n) is 8.96. The molecule has 0 spiro atoms. The van der Waals surface area contributed by atoms with Crippen LogP contribution in [0.2, 0.25) is 0 Å². The summed E-state index contributed by atoms with van der Waals surface area (Å²) in [7, 11) is -2.17. The van der Waals surface area contributed by atoms with Gasteiger partial charge in [0.15, 0.2) is 9.84 Å². The molecule has 1 amide bonds. The Labute approximate surface area is 84.7 Å². The third-order valence-electron chi connectivity index (χ3n) is 2.22. The van der Waals surface area contributed by atoms with Crippen molar-refractivity contribution in [3.63, 3.8) is 0 Å². The van der Waals surface area contributed by atoms with Crippen molar-refractivity contribution in [1.82, 2.24) is 5.48 Å². The van der Waals surface area contributed by atoms with Crippen LogP contribution in [0.3, 0.4) is 0 Å². The molecule has 0 aromatic heterocycles. The molecule has 14 heavy (non-hydrogen) atoms. The fourth-order valence-electron chi connectivity index (χ4n) is 1.15. The van der Waals surface area contributed by atoms with E-state index in [2.05, 4.69) is 10.3 Å². The molecule has 0 aliphatic rings. The van der Waals surface area contributed by atoms with E-state index in [-0.39, 0.29) is 6.42 Å². The van der Waals surface area contributed by atoms with Crippen LogP contribution in [0.15, 0.2) is 0 Å². The molecule has 0 fully saturated rings. The summed E-state index contributed by atoms with van der Waals surface area (Å²) in [5.74, 6) is -0.621. The number of hydroxylamine groups is 1. The minimum atomic E-state index is -3.44. The molecule has 0 radical (unpaired) electrons. The number of nitrogens with one attached hydrogen (secondary N) is 1. The molecule has 0 rings (SSSR count). The van der Waals surface area contributed by atoms with Gasteiger partial charge in [-0.3, -0.25) is 9.63 Å². The standard InChI is InChI=1S/C8H17NO4S/c1-5-6-8(2,14(4,11)12)7(10)9-13-3/h5-6H2,1-4H3,(H,9,10)/t8-/m1/s1. The highest BCUT2D eigenvalue weighted by molar-refractivity contribution is 7.92. The van der Waals surface area contributed by atoms with E-state index in [0.29, 0.717) is 6.42 Å². The molecule has 0 saturated heterocycles. The van der Waals surface area contributed by atoms with Crippen molar-refractivity contribution in [2.45, 2.75) is 31.4 Å². The van der Waals surface area contributed by atoms with Crippen LogP contribution in [0.1, 0.15) is 26.7 Å². The SMILES string of the molecule is CCC[C@](C)(C(=O)NOC)S(C)(=O)=O. The Bertz CT molecular complexity index is 298. The van der Waals surface area contributed by atoms with Crippen LogP contribution in [0, 0.1) is 0 Å². The van der Waals surface area contributed by atoms with Crippen molar-refractivity contribution in [3.8, 4) is 0 Å². The normalized spacial score (nSPS) is 16.0. The van der Waals surface area contributed by atoms with E-state index in [1.165, 1.54) is 14.0 Å². The number of rotatable bonds is 5. The highest BCUT2D eigenvalue weighted by atomic mass is 32.2. The van der Waals surface area contributed by atoms with Crippen molar-refractivity contribution in [1.29, 1.82) is 0 Å². The summed E-state index contributed by atoms with van der Waals surface area (Å²) in [6.07, 6.45) is 1.94. The molecule has 6 heteroatoms. The van der Waals surface area contributed by atoms with Gasteiger partial charge in [0, 0.05) is 6.26 Å². The summed E-state index contributed by atoms with van der Waals surface area (Å²) in [6.45, 7) is 3.23. The quantitative estimate of drug-likeness (QED) is 0.679. The Morgan fingerprint density at radius 1 is 1.50 bits per heavy atom. The molecule has 0 aliphatic heterocycles. The lowest BCUT2D eigenvalue weighted by atomic mass is 10.1. The number of hydrogen-bond acceptors (Lipinski definition) is 4. The van der Waals surface area contributed by atoms with E-state index in [0.717, 1.165) is 6.26 Å². The smallest absolute Gasteiger partial charge is 0.264 e. The average Bonchev–Trinajstić information content (AvgIpc) is 2.03. The Balaban J connectivity index is 5.01. The predicted octanol–water partition coefficient (Wildman–Crippen LogP) is 0.267. The Morgan fingerprint density at radius 3 is 2.29 bits per heavy atom. The van der Waals surface area contributed by atoms with Gasteiger partial charge in [-0.1, -0.05) is 13.3 Å². The first-order chi connectivity index (χ1) is 6.29. The summed E-state index contributed by atoms with van der Waals surface area (Å²) < 4.78 is 21.5. The van der Waals surface area contributed by atoms with E-state index in [1.807, 2.05) is 6.92 Å². The summed E-state index contributed by atoms with van der Waals surface area (Å²) in [5, 5.41) is 0. The predicted molar refractivity (Wildman–Crippen MR) is 53.3 cm³/mol. The van der Waals surface area contributed by atoms with Crippen LogP contribution in [0.4, 0.5) is 0 Å². The van der Waals surface area contributed by atoms with Crippen LogP contribution in [0.25, 0.3) is 0 Å². The molecular weight excluding hydrogens is 206 g/mol. The molecule has 0 aromatic carbocycles. The molecular formula is C8H17NO4S. The van der Waals surface area contributed by atoms with Gasteiger partial charge in [0.1, 0.15) is 4.75 Å². The highest BCUT2D eigenvalue weighted by Gasteiger charge is 2.42. The first-order valence-corrected chi connectivity index (χ1v) is 6.21. The van der Waals surface area contributed by atoms with Crippen molar-refractivity contribution < 1.29 is 18.0 Å². The molecule has 1 N–H and O–H groups in total. The van der Waals surface area contributed by atoms with E-state index in [1.54, 1.807) is 0 Å². The third-order valence-corrected chi connectivity index (χ3v) is 4.25. The lowest BCUT2D eigenvalue weighted by Crippen LogP contribution is -2.49. The Kier molecular flexibility index (Phi) is 4.54. The zero-order valence-corrected chi connectivity index (χ0v) is 9.77. The van der Waals surface area contributed by atoms with Gasteiger partial charge < -0.3 is 0 Å². The lowest BCUT2D eigenvalue weighted by molar-refractivity contribution is -0.133. The number of carbonyl (C=O) groups is 1. The molecule has 84 valence electrons. The van der Waals surface area contributed by atoms with Gasteiger partial charge in [-0.25, -0.2) is 13.9 Å². The first kappa shape index (κ1) is 13.4. The monoisotopic (exact) mass is 223 g/mol. The van der Waals surface area contributed by atoms with Crippen LogP contribution in [-0.2, 0) is 19.5 Å². The summed E-state index contributed by atoms with van der Waals surface area (Å²) in [5.41, 5.74) is 2.06. The number of carbonyl (C=O) groups excluding carboxylic acids is 1. The average molecular weight is 223 g/mol. The number of sulfone groups is 1. The molecule has 1 atom stereocenters. The zero-order chi connectivity index (χ0) is 11.4. The second kappa shape index (κ2) is 4.75. The minimum Gasteiger partial charge on any atom is -0.277 e. The minimum absolute atomic E-state index is 0.279. The Hall–Kier alpha value is -0.620. The summed E-state index contributed by atoms with van der Waals surface area (Å²) in [4.78, 5) is 15.9. The first-order valence-electron chi connectivity index (χ1n) is 4.32. The second-order valence-electron chi connectivity index (χ2n) is 3.39. The van der Waals surface area contributed by atoms with Crippen LogP contribution in [0.5, 0.6) is 0 Å². The van der Waals surface area contributed by atoms with Gasteiger partial charge in [0.05, 0.1) is 7.11 Å².